The van der Waals surface area contributed by atoms with Crippen LogP contribution in [0.3, 0.4) is 0 Å². The number of fused-ring (bicyclic) bond motifs is 1. The summed E-state index contributed by atoms with van der Waals surface area (Å²) in [6.45, 7) is 6.12. The van der Waals surface area contributed by atoms with Crippen LogP contribution in [0.15, 0.2) is 47.3 Å². The van der Waals surface area contributed by atoms with Gasteiger partial charge in [-0.15, -0.1) is 0 Å². The van der Waals surface area contributed by atoms with E-state index < -0.39 is 0 Å². The van der Waals surface area contributed by atoms with Gasteiger partial charge in [-0.1, -0.05) is 11.6 Å². The van der Waals surface area contributed by atoms with Crippen LogP contribution in [-0.2, 0) is 6.54 Å². The maximum absolute atomic E-state index is 13.5. The zero-order valence-corrected chi connectivity index (χ0v) is 20.0. The molecule has 3 heterocycles. The predicted octanol–water partition coefficient (Wildman–Crippen LogP) is 5.07. The summed E-state index contributed by atoms with van der Waals surface area (Å²) in [5, 5.41) is 4.43. The van der Waals surface area contributed by atoms with Gasteiger partial charge in [-0.2, -0.15) is 0 Å². The summed E-state index contributed by atoms with van der Waals surface area (Å²) in [7, 11) is 0. The number of amides is 1. The minimum Gasteiger partial charge on any atom is -0.380 e. The zero-order chi connectivity index (χ0) is 23.5. The van der Waals surface area contributed by atoms with Gasteiger partial charge in [0.15, 0.2) is 0 Å². The van der Waals surface area contributed by atoms with Crippen molar-refractivity contribution in [2.24, 2.45) is 0 Å². The van der Waals surface area contributed by atoms with Crippen LogP contribution in [0.4, 0.5) is 11.4 Å². The van der Waals surface area contributed by atoms with Crippen LogP contribution in [-0.4, -0.2) is 42.0 Å². The molecule has 6 heteroatoms. The van der Waals surface area contributed by atoms with Crippen LogP contribution in [0.1, 0.15) is 60.0 Å². The van der Waals surface area contributed by atoms with E-state index in [-0.39, 0.29) is 11.5 Å². The van der Waals surface area contributed by atoms with Crippen LogP contribution in [0.5, 0.6) is 0 Å². The SMILES string of the molecule is Cc1ccc2[nH]c(=O)c(CNc3ccc(N4CCCCC4)cc3C(=O)N3CCCCC3)cc2c1. The minimum absolute atomic E-state index is 0.0871. The highest BCUT2D eigenvalue weighted by molar-refractivity contribution is 6.00. The largest absolute Gasteiger partial charge is 0.380 e. The number of benzene rings is 2. The first-order valence-corrected chi connectivity index (χ1v) is 12.6. The number of likely N-dealkylation sites (tertiary alicyclic amines) is 1. The van der Waals surface area contributed by atoms with Crippen molar-refractivity contribution in [3.8, 4) is 0 Å². The molecule has 2 fully saturated rings. The van der Waals surface area contributed by atoms with Gasteiger partial charge in [0.1, 0.15) is 0 Å². The lowest BCUT2D eigenvalue weighted by Gasteiger charge is -2.31. The number of aromatic amines is 1. The second-order valence-corrected chi connectivity index (χ2v) is 9.70. The second-order valence-electron chi connectivity index (χ2n) is 9.70. The van der Waals surface area contributed by atoms with Crippen LogP contribution < -0.4 is 15.8 Å². The van der Waals surface area contributed by atoms with Gasteiger partial charge in [-0.25, -0.2) is 0 Å². The van der Waals surface area contributed by atoms with E-state index in [2.05, 4.69) is 33.4 Å². The maximum atomic E-state index is 13.5. The van der Waals surface area contributed by atoms with Gasteiger partial charge in [-0.05, 0) is 87.2 Å². The average molecular weight is 459 g/mol. The summed E-state index contributed by atoms with van der Waals surface area (Å²) in [5.74, 6) is 0.0871. The van der Waals surface area contributed by atoms with Gasteiger partial charge in [0.25, 0.3) is 11.5 Å². The first kappa shape index (κ1) is 22.5. The molecule has 0 bridgehead atoms. The Labute approximate surface area is 201 Å². The number of piperidine rings is 2. The molecule has 5 rings (SSSR count). The van der Waals surface area contributed by atoms with Crippen LogP contribution >= 0.6 is 0 Å². The van der Waals surface area contributed by atoms with Gasteiger partial charge >= 0.3 is 0 Å². The third kappa shape index (κ3) is 4.81. The fourth-order valence-corrected chi connectivity index (χ4v) is 5.17. The molecule has 0 aliphatic carbocycles. The summed E-state index contributed by atoms with van der Waals surface area (Å²) in [5.41, 5.74) is 5.17. The number of rotatable bonds is 5. The zero-order valence-electron chi connectivity index (χ0n) is 20.0. The molecule has 0 saturated carbocycles. The molecule has 2 N–H and O–H groups in total. The average Bonchev–Trinajstić information content (AvgIpc) is 2.88. The number of pyridine rings is 1. The summed E-state index contributed by atoms with van der Waals surface area (Å²) >= 11 is 0. The molecule has 178 valence electrons. The van der Waals surface area contributed by atoms with Crippen molar-refractivity contribution in [2.75, 3.05) is 36.4 Å². The van der Waals surface area contributed by atoms with Crippen molar-refractivity contribution in [3.05, 3.63) is 69.5 Å². The van der Waals surface area contributed by atoms with Crippen molar-refractivity contribution < 1.29 is 4.79 Å². The molecular formula is C28H34N4O2. The van der Waals surface area contributed by atoms with E-state index in [9.17, 15) is 9.59 Å². The number of aromatic nitrogens is 1. The Balaban J connectivity index is 1.44. The van der Waals surface area contributed by atoms with Crippen molar-refractivity contribution >= 4 is 28.2 Å². The highest BCUT2D eigenvalue weighted by atomic mass is 16.2. The Morgan fingerprint density at radius 2 is 1.65 bits per heavy atom. The standard InChI is InChI=1S/C28H34N4O2/c1-20-8-10-25-21(16-20)17-22(27(33)30-25)19-29-26-11-9-23(31-12-4-2-5-13-31)18-24(26)28(34)32-14-6-3-7-15-32/h8-11,16-18,29H,2-7,12-15,19H2,1H3,(H,30,33). The van der Waals surface area contributed by atoms with Gasteiger partial charge in [-0.3, -0.25) is 9.59 Å². The third-order valence-electron chi connectivity index (χ3n) is 7.14. The number of hydrogen-bond acceptors (Lipinski definition) is 4. The molecule has 0 atom stereocenters. The highest BCUT2D eigenvalue weighted by Crippen LogP contribution is 2.28. The van der Waals surface area contributed by atoms with Gasteiger partial charge in [0, 0.05) is 55.2 Å². The van der Waals surface area contributed by atoms with E-state index in [1.165, 1.54) is 25.7 Å². The lowest BCUT2D eigenvalue weighted by molar-refractivity contribution is 0.0725. The monoisotopic (exact) mass is 458 g/mol. The number of carbonyl (C=O) groups is 1. The van der Waals surface area contributed by atoms with Crippen LogP contribution in [0.25, 0.3) is 10.9 Å². The molecule has 1 aromatic heterocycles. The number of hydrogen-bond donors (Lipinski definition) is 2. The second kappa shape index (κ2) is 9.92. The molecule has 2 aromatic carbocycles. The molecule has 0 spiro atoms. The van der Waals surface area contributed by atoms with Gasteiger partial charge in [0.2, 0.25) is 0 Å². The number of anilines is 2. The molecule has 0 unspecified atom stereocenters. The van der Waals surface area contributed by atoms with Crippen LogP contribution in [0, 0.1) is 6.92 Å². The number of aryl methyl sites for hydroxylation is 1. The quantitative estimate of drug-likeness (QED) is 0.560. The Hall–Kier alpha value is -3.28. The molecule has 2 aliphatic rings. The maximum Gasteiger partial charge on any atom is 0.256 e. The number of H-pyrrole nitrogens is 1. The molecular weight excluding hydrogens is 424 g/mol. The lowest BCUT2D eigenvalue weighted by Crippen LogP contribution is -2.36. The van der Waals surface area contributed by atoms with Crippen LogP contribution in [0.2, 0.25) is 0 Å². The normalized spacial score (nSPS) is 16.6. The number of nitrogens with zero attached hydrogens (tertiary/aromatic N) is 2. The van der Waals surface area contributed by atoms with Crippen molar-refractivity contribution in [2.45, 2.75) is 52.0 Å². The fourth-order valence-electron chi connectivity index (χ4n) is 5.17. The fraction of sp³-hybridized carbons (Fsp3) is 0.429. The third-order valence-corrected chi connectivity index (χ3v) is 7.14. The molecule has 34 heavy (non-hydrogen) atoms. The Morgan fingerprint density at radius 1 is 0.912 bits per heavy atom. The van der Waals surface area contributed by atoms with Gasteiger partial charge in [0.05, 0.1) is 5.56 Å². The number of nitrogens with one attached hydrogen (secondary N) is 2. The summed E-state index contributed by atoms with van der Waals surface area (Å²) < 4.78 is 0. The summed E-state index contributed by atoms with van der Waals surface area (Å²) in [4.78, 5) is 33.6. The molecule has 3 aromatic rings. The Bertz CT molecular complexity index is 1240. The van der Waals surface area contributed by atoms with E-state index in [1.54, 1.807) is 0 Å². The Kier molecular flexibility index (Phi) is 6.57. The molecule has 2 aliphatic heterocycles. The van der Waals surface area contributed by atoms with E-state index in [1.807, 2.05) is 36.1 Å². The van der Waals surface area contributed by atoms with Gasteiger partial charge < -0.3 is 20.1 Å². The molecule has 1 amide bonds. The molecule has 2 saturated heterocycles. The summed E-state index contributed by atoms with van der Waals surface area (Å²) in [6, 6.07) is 14.1. The smallest absolute Gasteiger partial charge is 0.256 e. The van der Waals surface area contributed by atoms with E-state index in [0.717, 1.165) is 66.9 Å². The first-order valence-electron chi connectivity index (χ1n) is 12.6. The van der Waals surface area contributed by atoms with E-state index in [0.29, 0.717) is 17.7 Å². The lowest BCUT2D eigenvalue weighted by atomic mass is 10.0. The Morgan fingerprint density at radius 3 is 2.41 bits per heavy atom. The van der Waals surface area contributed by atoms with Crippen molar-refractivity contribution in [3.63, 3.8) is 0 Å². The predicted molar refractivity (Wildman–Crippen MR) is 139 cm³/mol. The molecule has 0 radical (unpaired) electrons. The minimum atomic E-state index is -0.0994. The summed E-state index contributed by atoms with van der Waals surface area (Å²) in [6.07, 6.45) is 6.97. The van der Waals surface area contributed by atoms with Crippen molar-refractivity contribution in [1.82, 2.24) is 9.88 Å². The van der Waals surface area contributed by atoms with E-state index in [4.69, 9.17) is 0 Å². The number of carbonyl (C=O) groups excluding carboxylic acids is 1. The first-order chi connectivity index (χ1) is 16.6. The highest BCUT2D eigenvalue weighted by Gasteiger charge is 2.23. The molecule has 6 nitrogen and oxygen atoms in total. The topological polar surface area (TPSA) is 68.4 Å². The van der Waals surface area contributed by atoms with E-state index >= 15 is 0 Å². The van der Waals surface area contributed by atoms with Crippen molar-refractivity contribution in [1.29, 1.82) is 0 Å².